The Morgan fingerprint density at radius 3 is 2.39 bits per heavy atom. The topological polar surface area (TPSA) is 62.6 Å². The third kappa shape index (κ3) is 6.50. The lowest BCUT2D eigenvalue weighted by Gasteiger charge is -2.35. The van der Waals surface area contributed by atoms with Gasteiger partial charge in [-0.2, -0.15) is 0 Å². The number of hydrogen-bond acceptors (Lipinski definition) is 2. The Kier molecular flexibility index (Phi) is 7.05. The third-order valence-corrected chi connectivity index (χ3v) is 5.12. The van der Waals surface area contributed by atoms with E-state index in [1.54, 1.807) is 0 Å². The normalized spacial score (nSPS) is 27.9. The molecule has 0 heterocycles. The molecule has 0 radical (unpaired) electrons. The summed E-state index contributed by atoms with van der Waals surface area (Å²) in [5.41, 5.74) is -0.240. The van der Waals surface area contributed by atoms with E-state index in [4.69, 9.17) is 0 Å². The molecule has 0 aromatic rings. The third-order valence-electron chi connectivity index (χ3n) is 5.12. The molecular weight excluding hydrogens is 290 g/mol. The smallest absolute Gasteiger partial charge is 0.278 e. The van der Waals surface area contributed by atoms with Gasteiger partial charge in [0.25, 0.3) is 11.8 Å². The van der Waals surface area contributed by atoms with Gasteiger partial charge >= 0.3 is 0 Å². The van der Waals surface area contributed by atoms with Crippen LogP contribution in [0.5, 0.6) is 0 Å². The van der Waals surface area contributed by atoms with E-state index in [0.29, 0.717) is 18.4 Å². The lowest BCUT2D eigenvalue weighted by Crippen LogP contribution is -3.15. The SMILES string of the molecule is C[C@H]1[C@@H](NC(=O)[C@@H](C)[NH+](C)CC(=O)NC(C)(C)C)CCC[C@@H]1C. The van der Waals surface area contributed by atoms with Crippen molar-refractivity contribution in [1.29, 1.82) is 0 Å². The summed E-state index contributed by atoms with van der Waals surface area (Å²) >= 11 is 0. The van der Waals surface area contributed by atoms with Crippen molar-refractivity contribution >= 4 is 11.8 Å². The molecule has 0 aromatic carbocycles. The molecule has 0 aromatic heterocycles. The molecule has 2 amide bonds. The largest absolute Gasteiger partial charge is 0.348 e. The first-order valence-corrected chi connectivity index (χ1v) is 8.95. The predicted molar refractivity (Wildman–Crippen MR) is 93.2 cm³/mol. The maximum Gasteiger partial charge on any atom is 0.278 e. The van der Waals surface area contributed by atoms with Crippen molar-refractivity contribution in [3.05, 3.63) is 0 Å². The molecule has 0 bridgehead atoms. The van der Waals surface area contributed by atoms with Gasteiger partial charge in [-0.05, 0) is 46.0 Å². The fourth-order valence-corrected chi connectivity index (χ4v) is 3.19. The number of rotatable bonds is 5. The Labute approximate surface area is 141 Å². The number of likely N-dealkylation sites (N-methyl/N-ethyl adjacent to an activating group) is 1. The molecule has 1 saturated carbocycles. The van der Waals surface area contributed by atoms with E-state index in [1.807, 2.05) is 34.7 Å². The van der Waals surface area contributed by atoms with Crippen molar-refractivity contribution in [3.63, 3.8) is 0 Å². The van der Waals surface area contributed by atoms with Gasteiger partial charge in [0.05, 0.1) is 7.05 Å². The first kappa shape index (κ1) is 19.9. The van der Waals surface area contributed by atoms with Crippen LogP contribution in [0.3, 0.4) is 0 Å². The maximum absolute atomic E-state index is 12.5. The van der Waals surface area contributed by atoms with Crippen molar-refractivity contribution in [2.75, 3.05) is 13.6 Å². The van der Waals surface area contributed by atoms with E-state index in [9.17, 15) is 9.59 Å². The second-order valence-corrected chi connectivity index (χ2v) is 8.43. The fraction of sp³-hybridized carbons (Fsp3) is 0.889. The molecule has 1 unspecified atom stereocenters. The summed E-state index contributed by atoms with van der Waals surface area (Å²) in [7, 11) is 1.90. The van der Waals surface area contributed by atoms with Gasteiger partial charge in [0.1, 0.15) is 0 Å². The molecular formula is C18H36N3O2+. The van der Waals surface area contributed by atoms with Crippen LogP contribution in [0.25, 0.3) is 0 Å². The monoisotopic (exact) mass is 326 g/mol. The van der Waals surface area contributed by atoms with Crippen molar-refractivity contribution in [2.24, 2.45) is 11.8 Å². The lowest BCUT2D eigenvalue weighted by atomic mass is 9.78. The summed E-state index contributed by atoms with van der Waals surface area (Å²) in [6.45, 7) is 12.6. The summed E-state index contributed by atoms with van der Waals surface area (Å²) in [4.78, 5) is 25.4. The zero-order valence-electron chi connectivity index (χ0n) is 16.0. The molecule has 5 heteroatoms. The molecule has 1 aliphatic rings. The van der Waals surface area contributed by atoms with E-state index >= 15 is 0 Å². The number of carbonyl (C=O) groups excluding carboxylic acids is 2. The summed E-state index contributed by atoms with van der Waals surface area (Å²) in [6, 6.07) is 0.0371. The quantitative estimate of drug-likeness (QED) is 0.698. The zero-order chi connectivity index (χ0) is 17.8. The van der Waals surface area contributed by atoms with Crippen LogP contribution in [-0.2, 0) is 9.59 Å². The van der Waals surface area contributed by atoms with E-state index < -0.39 is 0 Å². The molecule has 1 fully saturated rings. The van der Waals surface area contributed by atoms with E-state index in [2.05, 4.69) is 24.5 Å². The van der Waals surface area contributed by atoms with Crippen LogP contribution in [0.2, 0.25) is 0 Å². The van der Waals surface area contributed by atoms with Gasteiger partial charge in [-0.1, -0.05) is 26.7 Å². The highest BCUT2D eigenvalue weighted by atomic mass is 16.2. The zero-order valence-corrected chi connectivity index (χ0v) is 16.0. The van der Waals surface area contributed by atoms with Gasteiger partial charge in [-0.3, -0.25) is 9.59 Å². The molecule has 134 valence electrons. The highest BCUT2D eigenvalue weighted by Crippen LogP contribution is 2.29. The Hall–Kier alpha value is -1.10. The average molecular weight is 327 g/mol. The molecule has 5 atom stereocenters. The summed E-state index contributed by atoms with van der Waals surface area (Å²) in [6.07, 6.45) is 3.50. The first-order chi connectivity index (χ1) is 10.5. The van der Waals surface area contributed by atoms with Crippen LogP contribution in [0.15, 0.2) is 0 Å². The van der Waals surface area contributed by atoms with Crippen LogP contribution >= 0.6 is 0 Å². The predicted octanol–water partition coefficient (Wildman–Crippen LogP) is 0.745. The van der Waals surface area contributed by atoms with Crippen molar-refractivity contribution < 1.29 is 14.5 Å². The maximum atomic E-state index is 12.5. The van der Waals surface area contributed by atoms with Crippen LogP contribution in [0.1, 0.15) is 60.8 Å². The van der Waals surface area contributed by atoms with Crippen LogP contribution in [-0.4, -0.2) is 43.0 Å². The van der Waals surface area contributed by atoms with E-state index in [-0.39, 0.29) is 29.4 Å². The Morgan fingerprint density at radius 2 is 1.83 bits per heavy atom. The van der Waals surface area contributed by atoms with Gasteiger partial charge in [-0.25, -0.2) is 0 Å². The highest BCUT2D eigenvalue weighted by molar-refractivity contribution is 5.81. The summed E-state index contributed by atoms with van der Waals surface area (Å²) in [5, 5.41) is 6.16. The minimum absolute atomic E-state index is 0.0192. The molecule has 0 saturated heterocycles. The van der Waals surface area contributed by atoms with Gasteiger partial charge in [0.15, 0.2) is 12.6 Å². The average Bonchev–Trinajstić information content (AvgIpc) is 2.40. The van der Waals surface area contributed by atoms with Gasteiger partial charge in [0, 0.05) is 11.6 Å². The van der Waals surface area contributed by atoms with Crippen LogP contribution < -0.4 is 15.5 Å². The second kappa shape index (κ2) is 8.13. The Bertz CT molecular complexity index is 417. The minimum atomic E-state index is -0.240. The number of quaternary nitrogens is 1. The minimum Gasteiger partial charge on any atom is -0.348 e. The number of carbonyl (C=O) groups is 2. The summed E-state index contributed by atoms with van der Waals surface area (Å²) in [5.74, 6) is 1.21. The Morgan fingerprint density at radius 1 is 1.22 bits per heavy atom. The summed E-state index contributed by atoms with van der Waals surface area (Å²) < 4.78 is 0. The molecule has 3 N–H and O–H groups in total. The number of hydrogen-bond donors (Lipinski definition) is 3. The van der Waals surface area contributed by atoms with E-state index in [0.717, 1.165) is 11.3 Å². The molecule has 1 aliphatic carbocycles. The molecule has 0 spiro atoms. The molecule has 0 aliphatic heterocycles. The van der Waals surface area contributed by atoms with Crippen molar-refractivity contribution in [2.45, 2.75) is 78.4 Å². The van der Waals surface area contributed by atoms with Crippen LogP contribution in [0.4, 0.5) is 0 Å². The highest BCUT2D eigenvalue weighted by Gasteiger charge is 2.32. The second-order valence-electron chi connectivity index (χ2n) is 8.43. The van der Waals surface area contributed by atoms with Gasteiger partial charge in [-0.15, -0.1) is 0 Å². The molecule has 5 nitrogen and oxygen atoms in total. The van der Waals surface area contributed by atoms with Crippen molar-refractivity contribution in [1.82, 2.24) is 10.6 Å². The molecule has 1 rings (SSSR count). The standard InChI is InChI=1S/C18H35N3O2/c1-12-9-8-10-15(13(12)2)19-17(23)14(3)21(7)11-16(22)20-18(4,5)6/h12-15H,8-11H2,1-7H3,(H,19,23)(H,20,22)/p+1/t12-,13+,14+,15-/m0/s1. The Balaban J connectivity index is 2.50. The van der Waals surface area contributed by atoms with Gasteiger partial charge in [0.2, 0.25) is 0 Å². The lowest BCUT2D eigenvalue weighted by molar-refractivity contribution is -0.886. The van der Waals surface area contributed by atoms with Gasteiger partial charge < -0.3 is 15.5 Å². The van der Waals surface area contributed by atoms with Crippen molar-refractivity contribution in [3.8, 4) is 0 Å². The fourth-order valence-electron chi connectivity index (χ4n) is 3.19. The van der Waals surface area contributed by atoms with Crippen LogP contribution in [0, 0.1) is 11.8 Å². The number of nitrogens with one attached hydrogen (secondary N) is 3. The van der Waals surface area contributed by atoms with E-state index in [1.165, 1.54) is 12.8 Å². The number of amides is 2. The molecule has 23 heavy (non-hydrogen) atoms. The first-order valence-electron chi connectivity index (χ1n) is 8.95.